The van der Waals surface area contributed by atoms with Crippen molar-refractivity contribution in [3.05, 3.63) is 54.1 Å². The Morgan fingerprint density at radius 2 is 1.44 bits per heavy atom. The van der Waals surface area contributed by atoms with Crippen molar-refractivity contribution in [2.45, 2.75) is 55.6 Å². The quantitative estimate of drug-likeness (QED) is 0.390. The van der Waals surface area contributed by atoms with E-state index in [2.05, 4.69) is 15.5 Å². The Morgan fingerprint density at radius 3 is 1.97 bits per heavy atom. The smallest absolute Gasteiger partial charge is 0.322 e. The topological polar surface area (TPSA) is 140 Å². The minimum absolute atomic E-state index is 0.104. The van der Waals surface area contributed by atoms with Crippen molar-refractivity contribution >= 4 is 31.8 Å². The van der Waals surface area contributed by atoms with E-state index in [0.29, 0.717) is 31.5 Å². The van der Waals surface area contributed by atoms with Crippen LogP contribution in [-0.4, -0.2) is 55.6 Å². The molecule has 0 aliphatic carbocycles. The van der Waals surface area contributed by atoms with Crippen LogP contribution in [0.3, 0.4) is 0 Å². The largest absolute Gasteiger partial charge is 0.403 e. The summed E-state index contributed by atoms with van der Waals surface area (Å²) in [5.41, 5.74) is 0.707. The van der Waals surface area contributed by atoms with Crippen LogP contribution in [0.4, 0.5) is 6.01 Å². The minimum Gasteiger partial charge on any atom is -0.403 e. The SMILES string of the molecule is CCCN(CCC)S(=O)(=O)c1ccc(C(=O)Nc2nnc(-c3ccc(S(=O)(=O)C(C)C)cc3)o2)cc1. The van der Waals surface area contributed by atoms with Gasteiger partial charge in [0.1, 0.15) is 0 Å². The zero-order valence-electron chi connectivity index (χ0n) is 20.6. The maximum atomic E-state index is 12.9. The van der Waals surface area contributed by atoms with Gasteiger partial charge in [0.25, 0.3) is 5.91 Å². The van der Waals surface area contributed by atoms with Crippen LogP contribution in [0.15, 0.2) is 62.7 Å². The third kappa shape index (κ3) is 6.00. The first-order chi connectivity index (χ1) is 17.0. The lowest BCUT2D eigenvalue weighted by Gasteiger charge is -2.21. The molecule has 0 bridgehead atoms. The number of sulfonamides is 1. The number of amides is 1. The van der Waals surface area contributed by atoms with Crippen LogP contribution in [0.5, 0.6) is 0 Å². The van der Waals surface area contributed by atoms with Gasteiger partial charge in [-0.05, 0) is 75.2 Å². The standard InChI is InChI=1S/C24H30N4O6S2/c1-5-15-28(16-6-2)36(32,33)21-13-7-18(8-14-21)22(29)25-24-27-26-23(34-24)19-9-11-20(12-10-19)35(30,31)17(3)4/h7-14,17H,5-6,15-16H2,1-4H3,(H,25,27,29). The summed E-state index contributed by atoms with van der Waals surface area (Å²) in [4.78, 5) is 12.9. The highest BCUT2D eigenvalue weighted by molar-refractivity contribution is 7.92. The third-order valence-electron chi connectivity index (χ3n) is 5.40. The van der Waals surface area contributed by atoms with Crippen LogP contribution < -0.4 is 5.32 Å². The Bertz CT molecular complexity index is 1390. The zero-order valence-corrected chi connectivity index (χ0v) is 22.3. The van der Waals surface area contributed by atoms with E-state index in [4.69, 9.17) is 4.42 Å². The molecule has 1 N–H and O–H groups in total. The molecule has 0 spiro atoms. The normalized spacial score (nSPS) is 12.3. The van der Waals surface area contributed by atoms with Gasteiger partial charge in [-0.2, -0.15) is 4.31 Å². The molecule has 12 heteroatoms. The highest BCUT2D eigenvalue weighted by Gasteiger charge is 2.24. The molecule has 3 rings (SSSR count). The first-order valence-corrected chi connectivity index (χ1v) is 14.6. The van der Waals surface area contributed by atoms with Crippen molar-refractivity contribution in [2.24, 2.45) is 0 Å². The van der Waals surface area contributed by atoms with E-state index in [9.17, 15) is 21.6 Å². The molecule has 0 atom stereocenters. The Hall–Kier alpha value is -3.09. The summed E-state index contributed by atoms with van der Waals surface area (Å²) in [6.07, 6.45) is 1.40. The van der Waals surface area contributed by atoms with E-state index >= 15 is 0 Å². The van der Waals surface area contributed by atoms with E-state index < -0.39 is 31.0 Å². The lowest BCUT2D eigenvalue weighted by molar-refractivity contribution is 0.102. The van der Waals surface area contributed by atoms with Crippen LogP contribution in [0.25, 0.3) is 11.5 Å². The van der Waals surface area contributed by atoms with Crippen LogP contribution in [0.1, 0.15) is 50.9 Å². The monoisotopic (exact) mass is 534 g/mol. The van der Waals surface area contributed by atoms with Gasteiger partial charge in [0.2, 0.25) is 15.9 Å². The summed E-state index contributed by atoms with van der Waals surface area (Å²) in [6, 6.07) is 11.5. The fourth-order valence-electron chi connectivity index (χ4n) is 3.40. The molecule has 1 aromatic heterocycles. The van der Waals surface area contributed by atoms with Gasteiger partial charge in [-0.3, -0.25) is 10.1 Å². The molecule has 0 radical (unpaired) electrons. The predicted molar refractivity (Wildman–Crippen MR) is 136 cm³/mol. The van der Waals surface area contributed by atoms with Gasteiger partial charge in [-0.1, -0.05) is 18.9 Å². The average molecular weight is 535 g/mol. The van der Waals surface area contributed by atoms with Gasteiger partial charge in [0.05, 0.1) is 15.0 Å². The number of hydrogen-bond donors (Lipinski definition) is 1. The number of sulfone groups is 1. The number of nitrogens with zero attached hydrogens (tertiary/aromatic N) is 3. The number of anilines is 1. The van der Waals surface area contributed by atoms with Crippen molar-refractivity contribution in [3.8, 4) is 11.5 Å². The summed E-state index contributed by atoms with van der Waals surface area (Å²) in [5.74, 6) is -0.446. The predicted octanol–water partition coefficient (Wildman–Crippen LogP) is 3.98. The first-order valence-electron chi connectivity index (χ1n) is 11.6. The number of aromatic nitrogens is 2. The second-order valence-electron chi connectivity index (χ2n) is 8.41. The Balaban J connectivity index is 1.71. The lowest BCUT2D eigenvalue weighted by Crippen LogP contribution is -2.32. The van der Waals surface area contributed by atoms with E-state index in [0.717, 1.165) is 0 Å². The second-order valence-corrected chi connectivity index (χ2v) is 12.9. The number of hydrogen-bond acceptors (Lipinski definition) is 8. The van der Waals surface area contributed by atoms with Crippen molar-refractivity contribution in [3.63, 3.8) is 0 Å². The van der Waals surface area contributed by atoms with Crippen molar-refractivity contribution in [1.29, 1.82) is 0 Å². The summed E-state index contributed by atoms with van der Waals surface area (Å²) < 4.78 is 57.3. The fraction of sp³-hybridized carbons (Fsp3) is 0.375. The van der Waals surface area contributed by atoms with E-state index in [1.807, 2.05) is 13.8 Å². The van der Waals surface area contributed by atoms with Crippen molar-refractivity contribution in [2.75, 3.05) is 18.4 Å². The maximum Gasteiger partial charge on any atom is 0.322 e. The van der Waals surface area contributed by atoms with Gasteiger partial charge in [-0.25, -0.2) is 16.8 Å². The van der Waals surface area contributed by atoms with Crippen LogP contribution in [0.2, 0.25) is 0 Å². The summed E-state index contributed by atoms with van der Waals surface area (Å²) in [7, 11) is -7.05. The Kier molecular flexibility index (Phi) is 8.64. The van der Waals surface area contributed by atoms with Gasteiger partial charge in [0.15, 0.2) is 9.84 Å². The molecule has 0 aliphatic heterocycles. The molecule has 2 aromatic carbocycles. The molecule has 0 saturated heterocycles. The molecule has 36 heavy (non-hydrogen) atoms. The Morgan fingerprint density at radius 1 is 0.889 bits per heavy atom. The van der Waals surface area contributed by atoms with Gasteiger partial charge in [0, 0.05) is 24.2 Å². The number of rotatable bonds is 11. The van der Waals surface area contributed by atoms with Crippen LogP contribution in [0, 0.1) is 0 Å². The molecule has 0 fully saturated rings. The van der Waals surface area contributed by atoms with Gasteiger partial charge < -0.3 is 4.42 Å². The second kappa shape index (κ2) is 11.3. The van der Waals surface area contributed by atoms with E-state index in [-0.39, 0.29) is 27.3 Å². The third-order valence-corrected chi connectivity index (χ3v) is 9.48. The van der Waals surface area contributed by atoms with Gasteiger partial charge >= 0.3 is 6.01 Å². The molecule has 1 heterocycles. The summed E-state index contributed by atoms with van der Waals surface area (Å²) in [6.45, 7) is 7.90. The molecule has 3 aromatic rings. The van der Waals surface area contributed by atoms with Crippen LogP contribution >= 0.6 is 0 Å². The molecular formula is C24H30N4O6S2. The average Bonchev–Trinajstić information content (AvgIpc) is 3.32. The zero-order chi connectivity index (χ0) is 26.5. The highest BCUT2D eigenvalue weighted by Crippen LogP contribution is 2.24. The highest BCUT2D eigenvalue weighted by atomic mass is 32.2. The molecule has 0 saturated carbocycles. The molecule has 1 amide bonds. The Labute approximate surface area is 211 Å². The van der Waals surface area contributed by atoms with E-state index in [1.165, 1.54) is 40.7 Å². The summed E-state index contributed by atoms with van der Waals surface area (Å²) in [5, 5.41) is 9.64. The summed E-state index contributed by atoms with van der Waals surface area (Å²) >= 11 is 0. The van der Waals surface area contributed by atoms with Crippen molar-refractivity contribution in [1.82, 2.24) is 14.5 Å². The van der Waals surface area contributed by atoms with E-state index in [1.54, 1.807) is 26.0 Å². The number of nitrogens with one attached hydrogen (secondary N) is 1. The molecule has 0 unspecified atom stereocenters. The minimum atomic E-state index is -3.65. The fourth-order valence-corrected chi connectivity index (χ4v) is 6.08. The number of carbonyl (C=O) groups excluding carboxylic acids is 1. The number of benzene rings is 2. The first kappa shape index (κ1) is 27.5. The molecule has 194 valence electrons. The molecule has 0 aliphatic rings. The lowest BCUT2D eigenvalue weighted by atomic mass is 10.2. The maximum absolute atomic E-state index is 12.9. The molecule has 10 nitrogen and oxygen atoms in total. The van der Waals surface area contributed by atoms with Gasteiger partial charge in [-0.15, -0.1) is 5.10 Å². The van der Waals surface area contributed by atoms with Crippen molar-refractivity contribution < 1.29 is 26.0 Å². The number of carbonyl (C=O) groups is 1. The molecular weight excluding hydrogens is 504 g/mol. The van der Waals surface area contributed by atoms with Crippen LogP contribution in [-0.2, 0) is 19.9 Å².